The van der Waals surface area contributed by atoms with Gasteiger partial charge in [-0.25, -0.2) is 16.8 Å². The zero-order valence-corrected chi connectivity index (χ0v) is 14.9. The van der Waals surface area contributed by atoms with E-state index in [1.807, 2.05) is 0 Å². The molecular weight excluding hydrogens is 336 g/mol. The van der Waals surface area contributed by atoms with Gasteiger partial charge in [-0.15, -0.1) is 0 Å². The molecule has 1 aromatic carbocycles. The fourth-order valence-electron chi connectivity index (χ4n) is 3.22. The van der Waals surface area contributed by atoms with Crippen molar-refractivity contribution in [3.63, 3.8) is 0 Å². The van der Waals surface area contributed by atoms with E-state index in [0.29, 0.717) is 37.3 Å². The van der Waals surface area contributed by atoms with Crippen LogP contribution in [0.3, 0.4) is 0 Å². The Morgan fingerprint density at radius 1 is 1.00 bits per heavy atom. The van der Waals surface area contributed by atoms with E-state index in [2.05, 4.69) is 0 Å². The van der Waals surface area contributed by atoms with Crippen LogP contribution in [0.1, 0.15) is 31.2 Å². The van der Waals surface area contributed by atoms with E-state index in [0.717, 1.165) is 19.3 Å². The van der Waals surface area contributed by atoms with Gasteiger partial charge in [0.1, 0.15) is 0 Å². The molecule has 3 rings (SSSR count). The van der Waals surface area contributed by atoms with E-state index in [9.17, 15) is 16.8 Å². The van der Waals surface area contributed by atoms with Crippen molar-refractivity contribution in [3.05, 3.63) is 23.8 Å². The third-order valence-electron chi connectivity index (χ3n) is 4.48. The summed E-state index contributed by atoms with van der Waals surface area (Å²) in [4.78, 5) is 0.276. The van der Waals surface area contributed by atoms with Crippen LogP contribution in [0.15, 0.2) is 23.1 Å². The maximum Gasteiger partial charge on any atom is 0.243 e. The second-order valence-corrected chi connectivity index (χ2v) is 10.1. The van der Waals surface area contributed by atoms with Crippen molar-refractivity contribution >= 4 is 25.7 Å². The number of hydrogen-bond acceptors (Lipinski definition) is 4. The van der Waals surface area contributed by atoms with Crippen LogP contribution in [-0.2, 0) is 20.0 Å². The van der Waals surface area contributed by atoms with Crippen LogP contribution in [-0.4, -0.2) is 46.5 Å². The highest BCUT2D eigenvalue weighted by Gasteiger charge is 2.30. The molecule has 8 heteroatoms. The molecule has 0 bridgehead atoms. The minimum absolute atomic E-state index is 0.153. The molecule has 0 N–H and O–H groups in total. The summed E-state index contributed by atoms with van der Waals surface area (Å²) in [7, 11) is -6.76. The van der Waals surface area contributed by atoms with E-state index in [1.54, 1.807) is 25.1 Å². The van der Waals surface area contributed by atoms with Gasteiger partial charge in [0, 0.05) is 19.6 Å². The number of rotatable bonds is 3. The Morgan fingerprint density at radius 3 is 2.26 bits per heavy atom. The first-order chi connectivity index (χ1) is 10.8. The largest absolute Gasteiger partial charge is 0.270 e. The lowest BCUT2D eigenvalue weighted by Gasteiger charge is -2.29. The van der Waals surface area contributed by atoms with Crippen molar-refractivity contribution in [2.45, 2.75) is 37.5 Å². The van der Waals surface area contributed by atoms with Crippen molar-refractivity contribution in [1.29, 1.82) is 0 Å². The summed E-state index contributed by atoms with van der Waals surface area (Å²) < 4.78 is 52.6. The third kappa shape index (κ3) is 3.12. The molecule has 128 valence electrons. The predicted octanol–water partition coefficient (Wildman–Crippen LogP) is 1.71. The quantitative estimate of drug-likeness (QED) is 0.824. The summed E-state index contributed by atoms with van der Waals surface area (Å²) in [6, 6.07) is 4.83. The van der Waals surface area contributed by atoms with E-state index in [1.165, 1.54) is 8.61 Å². The Labute approximate surface area is 138 Å². The normalized spacial score (nSPS) is 22.4. The van der Waals surface area contributed by atoms with Crippen LogP contribution in [0.25, 0.3) is 0 Å². The Balaban J connectivity index is 1.95. The molecule has 6 nitrogen and oxygen atoms in total. The number of anilines is 1. The summed E-state index contributed by atoms with van der Waals surface area (Å²) in [5, 5.41) is 0. The van der Waals surface area contributed by atoms with Gasteiger partial charge >= 0.3 is 0 Å². The summed E-state index contributed by atoms with van der Waals surface area (Å²) in [5.74, 6) is 0.153. The topological polar surface area (TPSA) is 74.8 Å². The van der Waals surface area contributed by atoms with Gasteiger partial charge in [0.2, 0.25) is 20.0 Å². The first-order valence-electron chi connectivity index (χ1n) is 7.93. The fraction of sp³-hybridized carbons (Fsp3) is 0.600. The number of hydrogen-bond donors (Lipinski definition) is 0. The second-order valence-electron chi connectivity index (χ2n) is 6.16. The summed E-state index contributed by atoms with van der Waals surface area (Å²) >= 11 is 0. The number of sulfonamides is 2. The van der Waals surface area contributed by atoms with Crippen LogP contribution < -0.4 is 4.31 Å². The van der Waals surface area contributed by atoms with Crippen molar-refractivity contribution < 1.29 is 16.8 Å². The smallest absolute Gasteiger partial charge is 0.243 e. The van der Waals surface area contributed by atoms with Crippen molar-refractivity contribution in [1.82, 2.24) is 4.31 Å². The molecule has 0 amide bonds. The molecule has 2 heterocycles. The zero-order chi connectivity index (χ0) is 16.7. The van der Waals surface area contributed by atoms with E-state index < -0.39 is 20.0 Å². The van der Waals surface area contributed by atoms with E-state index in [-0.39, 0.29) is 10.6 Å². The molecule has 2 aliphatic heterocycles. The second kappa shape index (κ2) is 6.07. The van der Waals surface area contributed by atoms with Crippen LogP contribution in [0, 0.1) is 6.92 Å². The fourth-order valence-corrected chi connectivity index (χ4v) is 6.58. The maximum atomic E-state index is 12.7. The minimum atomic E-state index is -3.48. The first-order valence-corrected chi connectivity index (χ1v) is 11.0. The van der Waals surface area contributed by atoms with Gasteiger partial charge in [0.15, 0.2) is 0 Å². The Kier molecular flexibility index (Phi) is 4.41. The summed E-state index contributed by atoms with van der Waals surface area (Å²) in [6.07, 6.45) is 3.29. The summed E-state index contributed by atoms with van der Waals surface area (Å²) in [5.41, 5.74) is 1.15. The molecule has 0 aliphatic carbocycles. The monoisotopic (exact) mass is 358 g/mol. The van der Waals surface area contributed by atoms with Crippen molar-refractivity contribution in [2.75, 3.05) is 29.7 Å². The predicted molar refractivity (Wildman–Crippen MR) is 89.5 cm³/mol. The van der Waals surface area contributed by atoms with E-state index >= 15 is 0 Å². The highest BCUT2D eigenvalue weighted by Crippen LogP contribution is 2.29. The van der Waals surface area contributed by atoms with Gasteiger partial charge in [0.25, 0.3) is 0 Å². The standard InChI is InChI=1S/C15H22N2O4S2/c1-13-12-14(17-10-4-5-11-22(17,18)19)6-7-15(13)23(20,21)16-8-2-3-9-16/h6-7,12H,2-5,8-11H2,1H3. The molecule has 0 aromatic heterocycles. The molecule has 1 aromatic rings. The SMILES string of the molecule is Cc1cc(N2CCCCS2(=O)=O)ccc1S(=O)(=O)N1CCCC1. The molecule has 0 spiro atoms. The molecule has 2 aliphatic rings. The molecule has 2 fully saturated rings. The van der Waals surface area contributed by atoms with E-state index in [4.69, 9.17) is 0 Å². The van der Waals surface area contributed by atoms with Crippen molar-refractivity contribution in [3.8, 4) is 0 Å². The highest BCUT2D eigenvalue weighted by atomic mass is 32.2. The molecule has 2 saturated heterocycles. The van der Waals surface area contributed by atoms with Crippen LogP contribution in [0.5, 0.6) is 0 Å². The number of benzene rings is 1. The van der Waals surface area contributed by atoms with Gasteiger partial charge in [-0.2, -0.15) is 4.31 Å². The third-order valence-corrected chi connectivity index (χ3v) is 8.41. The Hall–Kier alpha value is -1.12. The van der Waals surface area contributed by atoms with Gasteiger partial charge in [-0.1, -0.05) is 0 Å². The molecule has 23 heavy (non-hydrogen) atoms. The molecular formula is C15H22N2O4S2. The van der Waals surface area contributed by atoms with Gasteiger partial charge in [-0.3, -0.25) is 4.31 Å². The van der Waals surface area contributed by atoms with Crippen LogP contribution >= 0.6 is 0 Å². The zero-order valence-electron chi connectivity index (χ0n) is 13.2. The maximum absolute atomic E-state index is 12.7. The molecule has 0 saturated carbocycles. The lowest BCUT2D eigenvalue weighted by molar-refractivity contribution is 0.477. The van der Waals surface area contributed by atoms with Gasteiger partial charge in [-0.05, 0) is 56.4 Å². The Morgan fingerprint density at radius 2 is 1.65 bits per heavy atom. The lowest BCUT2D eigenvalue weighted by atomic mass is 10.2. The molecule has 0 radical (unpaired) electrons. The molecule has 0 atom stereocenters. The average molecular weight is 358 g/mol. The van der Waals surface area contributed by atoms with Gasteiger partial charge < -0.3 is 0 Å². The highest BCUT2D eigenvalue weighted by molar-refractivity contribution is 7.92. The van der Waals surface area contributed by atoms with Gasteiger partial charge in [0.05, 0.1) is 16.3 Å². The minimum Gasteiger partial charge on any atom is -0.270 e. The van der Waals surface area contributed by atoms with Crippen LogP contribution in [0.2, 0.25) is 0 Å². The number of nitrogens with zero attached hydrogens (tertiary/aromatic N) is 2. The Bertz CT molecular complexity index is 797. The molecule has 0 unspecified atom stereocenters. The lowest BCUT2D eigenvalue weighted by Crippen LogP contribution is -2.38. The number of aryl methyl sites for hydroxylation is 1. The van der Waals surface area contributed by atoms with Crippen molar-refractivity contribution in [2.24, 2.45) is 0 Å². The van der Waals surface area contributed by atoms with Crippen LogP contribution in [0.4, 0.5) is 5.69 Å². The summed E-state index contributed by atoms with van der Waals surface area (Å²) in [6.45, 7) is 3.30. The first kappa shape index (κ1) is 16.7. The average Bonchev–Trinajstić information content (AvgIpc) is 3.01.